The summed E-state index contributed by atoms with van der Waals surface area (Å²) < 4.78 is 42.0. The van der Waals surface area contributed by atoms with Gasteiger partial charge in [-0.25, -0.2) is 0 Å². The van der Waals surface area contributed by atoms with E-state index in [1.807, 2.05) is 0 Å². The Labute approximate surface area is 118 Å². The lowest BCUT2D eigenvalue weighted by Gasteiger charge is -2.19. The number of carbonyl (C=O) groups excluding carboxylic acids is 1. The first-order valence-corrected chi connectivity index (χ1v) is 6.06. The smallest absolute Gasteiger partial charge is 0.471 e. The fourth-order valence-electron chi connectivity index (χ4n) is 1.65. The van der Waals surface area contributed by atoms with Crippen LogP contribution in [0, 0.1) is 0 Å². The predicted molar refractivity (Wildman–Crippen MR) is 66.8 cm³/mol. The molecule has 21 heavy (non-hydrogen) atoms. The van der Waals surface area contributed by atoms with Gasteiger partial charge in [0.05, 0.1) is 19.1 Å². The first-order valence-electron chi connectivity index (χ1n) is 6.06. The van der Waals surface area contributed by atoms with Crippen molar-refractivity contribution in [2.24, 2.45) is 0 Å². The number of alkyl halides is 3. The second-order valence-corrected chi connectivity index (χ2v) is 4.13. The second-order valence-electron chi connectivity index (χ2n) is 4.13. The zero-order valence-electron chi connectivity index (χ0n) is 11.1. The van der Waals surface area contributed by atoms with Crippen LogP contribution in [-0.4, -0.2) is 29.8 Å². The molecule has 8 heteroatoms. The molecule has 0 aliphatic rings. The van der Waals surface area contributed by atoms with E-state index in [9.17, 15) is 22.8 Å². The maximum absolute atomic E-state index is 12.3. The van der Waals surface area contributed by atoms with E-state index in [0.29, 0.717) is 12.4 Å². The molecule has 5 nitrogen and oxygen atoms in total. The van der Waals surface area contributed by atoms with Gasteiger partial charge in [-0.1, -0.05) is 12.1 Å². The molecule has 116 valence electrons. The molecule has 0 saturated heterocycles. The van der Waals surface area contributed by atoms with Crippen molar-refractivity contribution < 1.29 is 32.6 Å². The number of halogens is 3. The summed E-state index contributed by atoms with van der Waals surface area (Å²) in [6.45, 7) is 2.08. The summed E-state index contributed by atoms with van der Waals surface area (Å²) in [5.41, 5.74) is 0.223. The average molecular weight is 305 g/mol. The number of ether oxygens (including phenoxy) is 1. The summed E-state index contributed by atoms with van der Waals surface area (Å²) in [7, 11) is 0. The molecule has 1 aromatic carbocycles. The van der Waals surface area contributed by atoms with Gasteiger partial charge >= 0.3 is 18.1 Å². The van der Waals surface area contributed by atoms with Gasteiger partial charge in [0, 0.05) is 0 Å². The fraction of sp³-hybridized carbons (Fsp3) is 0.385. The molecule has 0 radical (unpaired) electrons. The highest BCUT2D eigenvalue weighted by Gasteiger charge is 2.40. The van der Waals surface area contributed by atoms with Gasteiger partial charge in [-0.05, 0) is 24.6 Å². The van der Waals surface area contributed by atoms with Gasteiger partial charge in [-0.3, -0.25) is 9.59 Å². The number of amides is 1. The minimum Gasteiger partial charge on any atom is -0.494 e. The molecule has 0 aromatic heterocycles. The molecule has 0 fully saturated rings. The molecule has 0 aliphatic carbocycles. The average Bonchev–Trinajstić information content (AvgIpc) is 2.37. The van der Waals surface area contributed by atoms with Gasteiger partial charge < -0.3 is 15.2 Å². The molecular formula is C13H14F3NO4. The van der Waals surface area contributed by atoms with Crippen LogP contribution in [0.5, 0.6) is 5.75 Å². The van der Waals surface area contributed by atoms with E-state index in [1.54, 1.807) is 18.3 Å². The summed E-state index contributed by atoms with van der Waals surface area (Å²) in [6, 6.07) is 4.61. The molecule has 1 rings (SSSR count). The molecule has 2 N–H and O–H groups in total. The minimum absolute atomic E-state index is 0.223. The van der Waals surface area contributed by atoms with Gasteiger partial charge in [0.15, 0.2) is 0 Å². The number of aliphatic carboxylic acids is 1. The summed E-state index contributed by atoms with van der Waals surface area (Å²) in [5.74, 6) is -3.13. The molecule has 0 aliphatic heterocycles. The number of carboxylic acids is 1. The number of hydrogen-bond donors (Lipinski definition) is 2. The number of rotatable bonds is 6. The van der Waals surface area contributed by atoms with E-state index >= 15 is 0 Å². The van der Waals surface area contributed by atoms with Crippen LogP contribution in [0.15, 0.2) is 24.3 Å². The van der Waals surface area contributed by atoms with Crippen LogP contribution in [0.1, 0.15) is 24.9 Å². The Balaban J connectivity index is 2.99. The lowest BCUT2D eigenvalue weighted by atomic mass is 10.0. The van der Waals surface area contributed by atoms with Crippen molar-refractivity contribution in [2.45, 2.75) is 25.6 Å². The van der Waals surface area contributed by atoms with Crippen LogP contribution >= 0.6 is 0 Å². The van der Waals surface area contributed by atoms with Crippen molar-refractivity contribution in [1.29, 1.82) is 0 Å². The molecule has 0 spiro atoms. The monoisotopic (exact) mass is 305 g/mol. The Bertz CT molecular complexity index is 516. The maximum atomic E-state index is 12.3. The lowest BCUT2D eigenvalue weighted by molar-refractivity contribution is -0.174. The van der Waals surface area contributed by atoms with Gasteiger partial charge in [-0.15, -0.1) is 0 Å². The Kier molecular flexibility index (Phi) is 5.57. The number of benzene rings is 1. The molecule has 1 unspecified atom stereocenters. The molecule has 1 amide bonds. The van der Waals surface area contributed by atoms with E-state index in [2.05, 4.69) is 0 Å². The van der Waals surface area contributed by atoms with Crippen LogP contribution in [0.25, 0.3) is 0 Å². The molecule has 0 saturated carbocycles. The van der Waals surface area contributed by atoms with Gasteiger partial charge in [0.1, 0.15) is 5.75 Å². The van der Waals surface area contributed by atoms with Gasteiger partial charge in [0.2, 0.25) is 0 Å². The SMILES string of the molecule is CCOc1cccc(C(CC(=O)O)NC(=O)C(F)(F)F)c1. The third kappa shape index (κ3) is 5.33. The Morgan fingerprint density at radius 2 is 2.05 bits per heavy atom. The van der Waals surface area contributed by atoms with Crippen LogP contribution in [0.3, 0.4) is 0 Å². The summed E-state index contributed by atoms with van der Waals surface area (Å²) >= 11 is 0. The normalized spacial score (nSPS) is 12.6. The Hall–Kier alpha value is -2.25. The van der Waals surface area contributed by atoms with E-state index < -0.39 is 30.5 Å². The summed E-state index contributed by atoms with van der Waals surface area (Å²) in [5, 5.41) is 10.4. The van der Waals surface area contributed by atoms with Gasteiger partial charge in [-0.2, -0.15) is 13.2 Å². The quantitative estimate of drug-likeness (QED) is 0.845. The summed E-state index contributed by atoms with van der Waals surface area (Å²) in [6.07, 6.45) is -5.74. The zero-order chi connectivity index (χ0) is 16.0. The molecule has 1 atom stereocenters. The number of carbonyl (C=O) groups is 2. The second kappa shape index (κ2) is 6.96. The highest BCUT2D eigenvalue weighted by Crippen LogP contribution is 2.24. The van der Waals surface area contributed by atoms with Crippen LogP contribution in [0.4, 0.5) is 13.2 Å². The van der Waals surface area contributed by atoms with E-state index in [-0.39, 0.29) is 5.56 Å². The highest BCUT2D eigenvalue weighted by molar-refractivity contribution is 5.82. The highest BCUT2D eigenvalue weighted by atomic mass is 19.4. The fourth-order valence-corrected chi connectivity index (χ4v) is 1.65. The van der Waals surface area contributed by atoms with Gasteiger partial charge in [0.25, 0.3) is 0 Å². The minimum atomic E-state index is -5.08. The largest absolute Gasteiger partial charge is 0.494 e. The third-order valence-corrected chi connectivity index (χ3v) is 2.51. The van der Waals surface area contributed by atoms with Crippen molar-refractivity contribution in [3.63, 3.8) is 0 Å². The van der Waals surface area contributed by atoms with Crippen molar-refractivity contribution >= 4 is 11.9 Å². The lowest BCUT2D eigenvalue weighted by Crippen LogP contribution is -2.39. The standard InChI is InChI=1S/C13H14F3NO4/c1-2-21-9-5-3-4-8(6-9)10(7-11(18)19)17-12(20)13(14,15)16/h3-6,10H,2,7H2,1H3,(H,17,20)(H,18,19). The maximum Gasteiger partial charge on any atom is 0.471 e. The van der Waals surface area contributed by atoms with Crippen LogP contribution < -0.4 is 10.1 Å². The topological polar surface area (TPSA) is 75.6 Å². The first kappa shape index (κ1) is 16.8. The van der Waals surface area contributed by atoms with Crippen LogP contribution in [0.2, 0.25) is 0 Å². The first-order chi connectivity index (χ1) is 9.74. The van der Waals surface area contributed by atoms with Crippen molar-refractivity contribution in [3.05, 3.63) is 29.8 Å². The van der Waals surface area contributed by atoms with E-state index in [4.69, 9.17) is 9.84 Å². The Morgan fingerprint density at radius 1 is 1.38 bits per heavy atom. The molecule has 0 bridgehead atoms. The van der Waals surface area contributed by atoms with E-state index in [0.717, 1.165) is 0 Å². The van der Waals surface area contributed by atoms with E-state index in [1.165, 1.54) is 18.2 Å². The van der Waals surface area contributed by atoms with Crippen molar-refractivity contribution in [3.8, 4) is 5.75 Å². The Morgan fingerprint density at radius 3 is 2.57 bits per heavy atom. The number of nitrogens with one attached hydrogen (secondary N) is 1. The number of carboxylic acid groups (broad SMARTS) is 1. The predicted octanol–water partition coefficient (Wildman–Crippen LogP) is 2.28. The molecular weight excluding hydrogens is 291 g/mol. The van der Waals surface area contributed by atoms with Crippen LogP contribution in [-0.2, 0) is 9.59 Å². The van der Waals surface area contributed by atoms with Crippen molar-refractivity contribution in [1.82, 2.24) is 5.32 Å². The number of hydrogen-bond acceptors (Lipinski definition) is 3. The third-order valence-electron chi connectivity index (χ3n) is 2.51. The summed E-state index contributed by atoms with van der Waals surface area (Å²) in [4.78, 5) is 21.7. The molecule has 1 aromatic rings. The molecule has 0 heterocycles. The zero-order valence-corrected chi connectivity index (χ0v) is 11.1. The van der Waals surface area contributed by atoms with Crippen molar-refractivity contribution in [2.75, 3.05) is 6.61 Å².